The maximum absolute atomic E-state index is 12.2. The van der Waals surface area contributed by atoms with E-state index >= 15 is 0 Å². The van der Waals surface area contributed by atoms with Crippen LogP contribution in [0.4, 0.5) is 0 Å². The highest BCUT2D eigenvalue weighted by Gasteiger charge is 2.19. The zero-order valence-corrected chi connectivity index (χ0v) is 12.4. The maximum Gasteiger partial charge on any atom is 0.242 e. The highest BCUT2D eigenvalue weighted by atomic mass is 16.5. The molecule has 1 aromatic carbocycles. The molecule has 0 spiro atoms. The number of amides is 1. The number of carbonyl (C=O) groups excluding carboxylic acids is 1. The normalized spacial score (nSPS) is 13.5. The Morgan fingerprint density at radius 1 is 1.43 bits per heavy atom. The Labute approximate surface area is 123 Å². The molecular weight excluding hydrogens is 268 g/mol. The van der Waals surface area contributed by atoms with Crippen molar-refractivity contribution >= 4 is 5.91 Å². The highest BCUT2D eigenvalue weighted by Crippen LogP contribution is 2.19. The van der Waals surface area contributed by atoms with Crippen molar-refractivity contribution in [3.8, 4) is 5.75 Å². The van der Waals surface area contributed by atoms with Crippen molar-refractivity contribution in [1.82, 2.24) is 15.1 Å². The fourth-order valence-electron chi connectivity index (χ4n) is 2.05. The third-order valence-electron chi connectivity index (χ3n) is 3.32. The Morgan fingerprint density at radius 2 is 2.19 bits per heavy atom. The summed E-state index contributed by atoms with van der Waals surface area (Å²) in [5.74, 6) is 0.517. The Balaban J connectivity index is 2.04. The Morgan fingerprint density at radius 3 is 2.81 bits per heavy atom. The molecule has 0 saturated heterocycles. The summed E-state index contributed by atoms with van der Waals surface area (Å²) >= 11 is 0. The topological polar surface area (TPSA) is 82.2 Å². The van der Waals surface area contributed by atoms with Crippen LogP contribution in [0.5, 0.6) is 5.75 Å². The van der Waals surface area contributed by atoms with E-state index in [9.17, 15) is 4.79 Å². The van der Waals surface area contributed by atoms with Crippen molar-refractivity contribution in [2.75, 3.05) is 7.11 Å². The molecular formula is C15H20N4O2. The van der Waals surface area contributed by atoms with Crippen LogP contribution in [-0.4, -0.2) is 22.8 Å². The Kier molecular flexibility index (Phi) is 4.59. The van der Waals surface area contributed by atoms with E-state index in [1.807, 2.05) is 31.2 Å². The van der Waals surface area contributed by atoms with Crippen LogP contribution in [0, 0.1) is 0 Å². The number of nitrogens with one attached hydrogen (secondary N) is 1. The predicted molar refractivity (Wildman–Crippen MR) is 79.7 cm³/mol. The lowest BCUT2D eigenvalue weighted by Gasteiger charge is -2.17. The lowest BCUT2D eigenvalue weighted by atomic mass is 10.1. The van der Waals surface area contributed by atoms with Crippen LogP contribution in [-0.2, 0) is 11.8 Å². The molecule has 1 unspecified atom stereocenters. The lowest BCUT2D eigenvalue weighted by molar-refractivity contribution is -0.123. The second kappa shape index (κ2) is 6.41. The average Bonchev–Trinajstić information content (AvgIpc) is 2.92. The molecule has 1 heterocycles. The van der Waals surface area contributed by atoms with Gasteiger partial charge in [0.1, 0.15) is 11.8 Å². The van der Waals surface area contributed by atoms with E-state index in [1.54, 1.807) is 31.2 Å². The van der Waals surface area contributed by atoms with Crippen molar-refractivity contribution in [3.05, 3.63) is 47.8 Å². The van der Waals surface area contributed by atoms with Crippen LogP contribution < -0.4 is 15.8 Å². The van der Waals surface area contributed by atoms with E-state index in [4.69, 9.17) is 10.5 Å². The first kappa shape index (κ1) is 15.1. The van der Waals surface area contributed by atoms with Gasteiger partial charge in [0, 0.05) is 18.8 Å². The maximum atomic E-state index is 12.2. The van der Waals surface area contributed by atoms with Gasteiger partial charge in [-0.3, -0.25) is 9.48 Å². The minimum absolute atomic E-state index is 0.157. The fraction of sp³-hybridized carbons (Fsp3) is 0.333. The molecule has 0 saturated carbocycles. The minimum atomic E-state index is -0.730. The summed E-state index contributed by atoms with van der Waals surface area (Å²) in [7, 11) is 3.40. The van der Waals surface area contributed by atoms with E-state index in [-0.39, 0.29) is 11.9 Å². The molecule has 0 aliphatic rings. The van der Waals surface area contributed by atoms with Gasteiger partial charge >= 0.3 is 0 Å². The zero-order valence-electron chi connectivity index (χ0n) is 12.4. The first-order chi connectivity index (χ1) is 10.0. The van der Waals surface area contributed by atoms with E-state index in [1.165, 1.54) is 0 Å². The van der Waals surface area contributed by atoms with E-state index in [0.29, 0.717) is 5.56 Å². The summed E-state index contributed by atoms with van der Waals surface area (Å²) in [6.45, 7) is 1.91. The predicted octanol–water partition coefficient (Wildman–Crippen LogP) is 1.31. The summed E-state index contributed by atoms with van der Waals surface area (Å²) < 4.78 is 6.80. The van der Waals surface area contributed by atoms with Crippen molar-refractivity contribution in [2.24, 2.45) is 12.8 Å². The average molecular weight is 288 g/mol. The van der Waals surface area contributed by atoms with Crippen LogP contribution in [0.2, 0.25) is 0 Å². The standard InChI is InChI=1S/C15H20N4O2/c1-10(11-5-4-6-13(7-11)21-3)18-15(20)14(16)12-8-17-19(2)9-12/h4-10,14H,16H2,1-3H3,(H,18,20)/t10-,14?/m1/s1. The quantitative estimate of drug-likeness (QED) is 0.869. The van der Waals surface area contributed by atoms with Crippen LogP contribution in [0.1, 0.15) is 30.1 Å². The highest BCUT2D eigenvalue weighted by molar-refractivity contribution is 5.83. The minimum Gasteiger partial charge on any atom is -0.497 e. The Hall–Kier alpha value is -2.34. The number of aryl methyl sites for hydroxylation is 1. The molecule has 2 atom stereocenters. The molecule has 3 N–H and O–H groups in total. The third kappa shape index (κ3) is 3.61. The van der Waals surface area contributed by atoms with Gasteiger partial charge in [0.2, 0.25) is 5.91 Å². The largest absolute Gasteiger partial charge is 0.497 e. The molecule has 6 heteroatoms. The first-order valence-electron chi connectivity index (χ1n) is 6.69. The molecule has 0 aliphatic heterocycles. The summed E-state index contributed by atoms with van der Waals surface area (Å²) in [5.41, 5.74) is 7.59. The number of hydrogen-bond acceptors (Lipinski definition) is 4. The molecule has 6 nitrogen and oxygen atoms in total. The number of benzene rings is 1. The van der Waals surface area contributed by atoms with Crippen molar-refractivity contribution < 1.29 is 9.53 Å². The van der Waals surface area contributed by atoms with Gasteiger partial charge < -0.3 is 15.8 Å². The van der Waals surface area contributed by atoms with Gasteiger partial charge in [0.05, 0.1) is 19.3 Å². The molecule has 0 fully saturated rings. The molecule has 112 valence electrons. The van der Waals surface area contributed by atoms with Crippen LogP contribution in [0.25, 0.3) is 0 Å². The third-order valence-corrected chi connectivity index (χ3v) is 3.32. The monoisotopic (exact) mass is 288 g/mol. The van der Waals surface area contributed by atoms with Crippen molar-refractivity contribution in [2.45, 2.75) is 19.0 Å². The second-order valence-corrected chi connectivity index (χ2v) is 4.93. The number of nitrogens with zero attached hydrogens (tertiary/aromatic N) is 2. The van der Waals surface area contributed by atoms with Crippen LogP contribution >= 0.6 is 0 Å². The zero-order chi connectivity index (χ0) is 15.4. The van der Waals surface area contributed by atoms with Gasteiger partial charge in [-0.05, 0) is 24.6 Å². The second-order valence-electron chi connectivity index (χ2n) is 4.93. The molecule has 2 rings (SSSR count). The fourth-order valence-corrected chi connectivity index (χ4v) is 2.05. The van der Waals surface area contributed by atoms with Gasteiger partial charge in [-0.2, -0.15) is 5.10 Å². The van der Waals surface area contributed by atoms with E-state index in [2.05, 4.69) is 10.4 Å². The number of hydrogen-bond donors (Lipinski definition) is 2. The molecule has 0 bridgehead atoms. The molecule has 2 aromatic rings. The molecule has 0 radical (unpaired) electrons. The summed E-state index contributed by atoms with van der Waals surface area (Å²) in [6.07, 6.45) is 3.33. The van der Waals surface area contributed by atoms with Crippen LogP contribution in [0.3, 0.4) is 0 Å². The van der Waals surface area contributed by atoms with Gasteiger partial charge in [-0.1, -0.05) is 12.1 Å². The van der Waals surface area contributed by atoms with Crippen molar-refractivity contribution in [3.63, 3.8) is 0 Å². The van der Waals surface area contributed by atoms with Crippen molar-refractivity contribution in [1.29, 1.82) is 0 Å². The number of ether oxygens (including phenoxy) is 1. The lowest BCUT2D eigenvalue weighted by Crippen LogP contribution is -2.35. The summed E-state index contributed by atoms with van der Waals surface area (Å²) in [5, 5.41) is 6.92. The van der Waals surface area contributed by atoms with Crippen LogP contribution in [0.15, 0.2) is 36.7 Å². The first-order valence-corrected chi connectivity index (χ1v) is 6.69. The number of methoxy groups -OCH3 is 1. The molecule has 21 heavy (non-hydrogen) atoms. The molecule has 1 amide bonds. The smallest absolute Gasteiger partial charge is 0.242 e. The molecule has 0 aliphatic carbocycles. The van der Waals surface area contributed by atoms with Gasteiger partial charge in [-0.25, -0.2) is 0 Å². The summed E-state index contributed by atoms with van der Waals surface area (Å²) in [4.78, 5) is 12.2. The summed E-state index contributed by atoms with van der Waals surface area (Å²) in [6, 6.07) is 6.68. The SMILES string of the molecule is COc1cccc([C@@H](C)NC(=O)C(N)c2cnn(C)c2)c1. The van der Waals surface area contributed by atoms with E-state index < -0.39 is 6.04 Å². The number of aromatic nitrogens is 2. The van der Waals surface area contributed by atoms with Gasteiger partial charge in [0.25, 0.3) is 0 Å². The Bertz CT molecular complexity index is 624. The number of nitrogens with two attached hydrogens (primary N) is 1. The van der Waals surface area contributed by atoms with Gasteiger partial charge in [0.15, 0.2) is 0 Å². The van der Waals surface area contributed by atoms with E-state index in [0.717, 1.165) is 11.3 Å². The van der Waals surface area contributed by atoms with Gasteiger partial charge in [-0.15, -0.1) is 0 Å². The number of rotatable bonds is 5. The molecule has 1 aromatic heterocycles. The number of carbonyl (C=O) groups is 1.